The summed E-state index contributed by atoms with van der Waals surface area (Å²) in [5.74, 6) is -16.0. The van der Waals surface area contributed by atoms with Crippen molar-refractivity contribution in [2.24, 2.45) is 0 Å². The largest absolute Gasteiger partial charge is 0.460 e. The van der Waals surface area contributed by atoms with Gasteiger partial charge >= 0.3 is 33.4 Å². The van der Waals surface area contributed by atoms with Crippen molar-refractivity contribution in [1.29, 1.82) is 0 Å². The van der Waals surface area contributed by atoms with Crippen LogP contribution in [-0.4, -0.2) is 45.6 Å². The Balaban J connectivity index is 6.05. The highest BCUT2D eigenvalue weighted by Gasteiger charge is 2.86. The molecule has 15 heteroatoms. The van der Waals surface area contributed by atoms with Gasteiger partial charge in [0.25, 0.3) is 0 Å². The minimum absolute atomic E-state index is 0.505. The molecular formula is C15H23F9O4SSi. The van der Waals surface area contributed by atoms with Crippen molar-refractivity contribution in [3.05, 3.63) is 12.3 Å². The molecule has 0 aliphatic heterocycles. The van der Waals surface area contributed by atoms with Gasteiger partial charge in [-0.1, -0.05) is 27.4 Å². The van der Waals surface area contributed by atoms with E-state index >= 15 is 0 Å². The van der Waals surface area contributed by atoms with E-state index in [2.05, 4.69) is 10.8 Å². The molecule has 180 valence electrons. The number of halogens is 9. The molecule has 0 spiro atoms. The van der Waals surface area contributed by atoms with Crippen LogP contribution in [0.3, 0.4) is 0 Å². The van der Waals surface area contributed by atoms with E-state index in [9.17, 15) is 47.9 Å². The fourth-order valence-corrected chi connectivity index (χ4v) is 4.36. The highest BCUT2D eigenvalue weighted by molar-refractivity contribution is 7.88. The minimum Gasteiger partial charge on any atom is -0.405 e. The SMILES string of the molecule is C=C(OS(=O)(=O)C(F)(F)C(F)(F)C(F)(F)C(F)(F)F)C(C)(C)O[Si](C)(C)C(C)(C)C. The molecule has 0 rings (SSSR count). The third-order valence-corrected chi connectivity index (χ3v) is 10.6. The lowest BCUT2D eigenvalue weighted by Gasteiger charge is -2.43. The second-order valence-corrected chi connectivity index (χ2v) is 14.8. The Labute approximate surface area is 169 Å². The van der Waals surface area contributed by atoms with Gasteiger partial charge in [-0.2, -0.15) is 47.9 Å². The highest BCUT2D eigenvalue weighted by Crippen LogP contribution is 2.55. The normalized spacial score (nSPS) is 15.9. The summed E-state index contributed by atoms with van der Waals surface area (Å²) in [6.45, 7) is 13.6. The van der Waals surface area contributed by atoms with Gasteiger partial charge < -0.3 is 8.61 Å². The molecular weight excluding hydrogens is 475 g/mol. The van der Waals surface area contributed by atoms with Crippen LogP contribution >= 0.6 is 0 Å². The van der Waals surface area contributed by atoms with Gasteiger partial charge in [-0.15, -0.1) is 0 Å². The van der Waals surface area contributed by atoms with E-state index in [1.54, 1.807) is 33.9 Å². The molecule has 0 unspecified atom stereocenters. The number of hydrogen-bond donors (Lipinski definition) is 0. The molecule has 0 amide bonds. The molecule has 0 saturated carbocycles. The van der Waals surface area contributed by atoms with E-state index in [0.29, 0.717) is 0 Å². The zero-order valence-electron chi connectivity index (χ0n) is 17.2. The minimum atomic E-state index is -7.39. The third-order valence-electron chi connectivity index (χ3n) is 4.63. The van der Waals surface area contributed by atoms with Gasteiger partial charge in [-0.05, 0) is 32.0 Å². The fraction of sp³-hybridized carbons (Fsp3) is 0.867. The highest BCUT2D eigenvalue weighted by atomic mass is 32.2. The van der Waals surface area contributed by atoms with Gasteiger partial charge in [0.2, 0.25) is 0 Å². The van der Waals surface area contributed by atoms with Gasteiger partial charge in [-0.3, -0.25) is 0 Å². The standard InChI is InChI=1S/C15H23F9O4SSi/c1-9(11(5,6)28-30(7,8)10(2,3)4)27-29(25,26)15(23,24)13(18,19)12(16,17)14(20,21)22/h1H2,2-8H3. The van der Waals surface area contributed by atoms with Crippen molar-refractivity contribution < 1.29 is 56.5 Å². The summed E-state index contributed by atoms with van der Waals surface area (Å²) in [6.07, 6.45) is -7.17. The summed E-state index contributed by atoms with van der Waals surface area (Å²) in [4.78, 5) is 0. The Morgan fingerprint density at radius 1 is 0.800 bits per heavy atom. The zero-order valence-corrected chi connectivity index (χ0v) is 19.0. The van der Waals surface area contributed by atoms with Crippen LogP contribution in [0.1, 0.15) is 34.6 Å². The second kappa shape index (κ2) is 7.57. The van der Waals surface area contributed by atoms with Gasteiger partial charge in [0.05, 0.1) is 0 Å². The maximum absolute atomic E-state index is 13.8. The molecule has 0 N–H and O–H groups in total. The summed E-state index contributed by atoms with van der Waals surface area (Å²) >= 11 is 0. The van der Waals surface area contributed by atoms with Crippen LogP contribution in [-0.2, 0) is 18.7 Å². The Morgan fingerprint density at radius 2 is 1.17 bits per heavy atom. The van der Waals surface area contributed by atoms with Crippen LogP contribution < -0.4 is 0 Å². The van der Waals surface area contributed by atoms with Gasteiger partial charge in [-0.25, -0.2) is 0 Å². The molecule has 0 atom stereocenters. The number of alkyl halides is 9. The molecule has 0 saturated heterocycles. The molecule has 0 aromatic heterocycles. The topological polar surface area (TPSA) is 52.6 Å². The van der Waals surface area contributed by atoms with Crippen molar-refractivity contribution in [2.75, 3.05) is 0 Å². The molecule has 0 aromatic carbocycles. The summed E-state index contributed by atoms with van der Waals surface area (Å²) in [5, 5.41) is -7.47. The fourth-order valence-electron chi connectivity index (χ4n) is 1.65. The Morgan fingerprint density at radius 3 is 1.47 bits per heavy atom. The van der Waals surface area contributed by atoms with Crippen molar-refractivity contribution in [1.82, 2.24) is 0 Å². The smallest absolute Gasteiger partial charge is 0.405 e. The monoisotopic (exact) mass is 498 g/mol. The average Bonchev–Trinajstić information content (AvgIpc) is 2.42. The third kappa shape index (κ3) is 4.92. The Bertz CT molecular complexity index is 766. The molecule has 0 fully saturated rings. The molecule has 4 nitrogen and oxygen atoms in total. The summed E-state index contributed by atoms with van der Waals surface area (Å²) in [6, 6.07) is 0. The summed E-state index contributed by atoms with van der Waals surface area (Å²) in [7, 11) is -9.82. The first kappa shape index (κ1) is 29.0. The van der Waals surface area contributed by atoms with E-state index in [0.717, 1.165) is 13.8 Å². The lowest BCUT2D eigenvalue weighted by atomic mass is 10.1. The second-order valence-electron chi connectivity index (χ2n) is 8.50. The van der Waals surface area contributed by atoms with Crippen LogP contribution in [0.15, 0.2) is 12.3 Å². The molecule has 30 heavy (non-hydrogen) atoms. The van der Waals surface area contributed by atoms with Crippen LogP contribution in [0.5, 0.6) is 0 Å². The lowest BCUT2D eigenvalue weighted by molar-refractivity contribution is -0.382. The molecule has 0 heterocycles. The van der Waals surface area contributed by atoms with Crippen molar-refractivity contribution in [3.63, 3.8) is 0 Å². The Kier molecular flexibility index (Phi) is 7.33. The van der Waals surface area contributed by atoms with Crippen LogP contribution in [0.4, 0.5) is 39.5 Å². The van der Waals surface area contributed by atoms with E-state index in [4.69, 9.17) is 4.43 Å². The van der Waals surface area contributed by atoms with E-state index in [-0.39, 0.29) is 0 Å². The number of rotatable bonds is 8. The maximum atomic E-state index is 13.8. The predicted molar refractivity (Wildman–Crippen MR) is 92.4 cm³/mol. The number of hydrogen-bond acceptors (Lipinski definition) is 4. The van der Waals surface area contributed by atoms with Crippen LogP contribution in [0.2, 0.25) is 18.1 Å². The first-order valence-corrected chi connectivity index (χ1v) is 12.4. The molecule has 0 aromatic rings. The van der Waals surface area contributed by atoms with Crippen LogP contribution in [0.25, 0.3) is 0 Å². The molecule has 0 aliphatic carbocycles. The zero-order chi connectivity index (χ0) is 25.0. The van der Waals surface area contributed by atoms with Crippen molar-refractivity contribution in [2.45, 2.75) is 81.6 Å². The maximum Gasteiger partial charge on any atom is 0.460 e. The Hall–Kier alpha value is -0.963. The first-order valence-electron chi connectivity index (χ1n) is 8.12. The molecule has 0 aliphatic rings. The predicted octanol–water partition coefficient (Wildman–Crippen LogP) is 6.07. The first-order chi connectivity index (χ1) is 12.6. The lowest BCUT2D eigenvalue weighted by Crippen LogP contribution is -2.63. The molecule has 0 bridgehead atoms. The van der Waals surface area contributed by atoms with E-state index in [1.165, 1.54) is 0 Å². The van der Waals surface area contributed by atoms with E-state index in [1.807, 2.05) is 0 Å². The van der Waals surface area contributed by atoms with Crippen LogP contribution in [0, 0.1) is 0 Å². The molecule has 0 radical (unpaired) electrons. The van der Waals surface area contributed by atoms with E-state index < -0.39 is 58.1 Å². The average molecular weight is 498 g/mol. The van der Waals surface area contributed by atoms with Gasteiger partial charge in [0.1, 0.15) is 11.4 Å². The van der Waals surface area contributed by atoms with Crippen molar-refractivity contribution >= 4 is 18.4 Å². The van der Waals surface area contributed by atoms with Gasteiger partial charge in [0.15, 0.2) is 8.32 Å². The van der Waals surface area contributed by atoms with Gasteiger partial charge in [0, 0.05) is 0 Å². The quantitative estimate of drug-likeness (QED) is 0.176. The summed E-state index contributed by atoms with van der Waals surface area (Å²) < 4.78 is 149. The summed E-state index contributed by atoms with van der Waals surface area (Å²) in [5.41, 5.74) is -1.91. The van der Waals surface area contributed by atoms with Crippen molar-refractivity contribution in [3.8, 4) is 0 Å².